The molecule has 0 aliphatic rings. The van der Waals surface area contributed by atoms with Crippen LogP contribution in [-0.2, 0) is 0 Å². The van der Waals surface area contributed by atoms with Crippen molar-refractivity contribution in [3.63, 3.8) is 0 Å². The summed E-state index contributed by atoms with van der Waals surface area (Å²) in [6.07, 6.45) is 4.34. The zero-order chi connectivity index (χ0) is 5.54. The van der Waals surface area contributed by atoms with Gasteiger partial charge in [0.2, 0.25) is 0 Å². The van der Waals surface area contributed by atoms with Crippen molar-refractivity contribution in [1.82, 2.24) is 0 Å². The van der Waals surface area contributed by atoms with Crippen molar-refractivity contribution in [2.75, 3.05) is 0 Å². The van der Waals surface area contributed by atoms with Crippen LogP contribution in [0, 0.1) is 18.8 Å². The van der Waals surface area contributed by atoms with Crippen LogP contribution in [0.4, 0.5) is 0 Å². The van der Waals surface area contributed by atoms with Crippen LogP contribution in [0.3, 0.4) is 0 Å². The second-order valence-corrected chi connectivity index (χ2v) is 1.08. The fourth-order valence-corrected chi connectivity index (χ4v) is 0.220. The lowest BCUT2D eigenvalue weighted by molar-refractivity contribution is 1.28. The zero-order valence-electron chi connectivity index (χ0n) is 4.57. The van der Waals surface area contributed by atoms with Crippen LogP contribution in [-0.4, -0.2) is 0 Å². The summed E-state index contributed by atoms with van der Waals surface area (Å²) < 4.78 is 0. The first-order valence-corrected chi connectivity index (χ1v) is 2.34. The Balaban J connectivity index is 3.25. The van der Waals surface area contributed by atoms with Crippen molar-refractivity contribution in [3.05, 3.63) is 19.1 Å². The quantitative estimate of drug-likeness (QED) is 0.400. The molecule has 0 heteroatoms. The Labute approximate surface area is 45.2 Å². The molecule has 0 aromatic heterocycles. The van der Waals surface area contributed by atoms with Crippen molar-refractivity contribution >= 4 is 0 Å². The summed E-state index contributed by atoms with van der Waals surface area (Å²) in [5, 5.41) is 0. The third-order valence-corrected chi connectivity index (χ3v) is 0.480. The number of hydrogen-bond acceptors (Lipinski definition) is 0. The molecular formula is C7H9. The van der Waals surface area contributed by atoms with Gasteiger partial charge >= 0.3 is 0 Å². The fraction of sp³-hybridized carbons (Fsp3) is 0.286. The highest BCUT2D eigenvalue weighted by molar-refractivity contribution is 5.15. The van der Waals surface area contributed by atoms with Crippen LogP contribution in [0.5, 0.6) is 0 Å². The van der Waals surface area contributed by atoms with Gasteiger partial charge in [0, 0.05) is 6.42 Å². The second-order valence-electron chi connectivity index (χ2n) is 1.08. The summed E-state index contributed by atoms with van der Waals surface area (Å²) in [5.74, 6) is 5.66. The molecule has 0 rings (SSSR count). The minimum absolute atomic E-state index is 0.921. The fourth-order valence-electron chi connectivity index (χ4n) is 0.220. The SMILES string of the molecule is [CH2]/C=C/C#CCC. The Morgan fingerprint density at radius 3 is 2.86 bits per heavy atom. The molecule has 0 heterocycles. The van der Waals surface area contributed by atoms with Crippen molar-refractivity contribution in [3.8, 4) is 11.8 Å². The number of allylic oxidation sites excluding steroid dienone is 2. The second kappa shape index (κ2) is 5.30. The molecule has 0 saturated heterocycles. The molecule has 0 atom stereocenters. The molecule has 0 saturated carbocycles. The van der Waals surface area contributed by atoms with Gasteiger partial charge in [-0.1, -0.05) is 24.8 Å². The molecule has 0 aliphatic heterocycles. The Morgan fingerprint density at radius 1 is 1.71 bits per heavy atom. The van der Waals surface area contributed by atoms with Crippen LogP contribution in [0.15, 0.2) is 12.2 Å². The van der Waals surface area contributed by atoms with Gasteiger partial charge in [-0.05, 0) is 13.0 Å². The minimum Gasteiger partial charge on any atom is -0.0988 e. The summed E-state index contributed by atoms with van der Waals surface area (Å²) in [7, 11) is 0. The standard InChI is InChI=1S/C7H9/c1-3-5-7-6-4-2/h3,5H,1,4H2,2H3/b5-3+. The molecule has 0 spiro atoms. The lowest BCUT2D eigenvalue weighted by atomic mass is 10.4. The van der Waals surface area contributed by atoms with Gasteiger partial charge in [0.1, 0.15) is 0 Å². The van der Waals surface area contributed by atoms with Crippen LogP contribution in [0.1, 0.15) is 13.3 Å². The third kappa shape index (κ3) is 5.30. The van der Waals surface area contributed by atoms with E-state index in [4.69, 9.17) is 0 Å². The van der Waals surface area contributed by atoms with E-state index >= 15 is 0 Å². The lowest BCUT2D eigenvalue weighted by Crippen LogP contribution is -1.49. The molecule has 0 amide bonds. The molecule has 0 unspecified atom stereocenters. The molecule has 1 radical (unpaired) electrons. The van der Waals surface area contributed by atoms with Gasteiger partial charge in [0.15, 0.2) is 0 Å². The van der Waals surface area contributed by atoms with E-state index < -0.39 is 0 Å². The van der Waals surface area contributed by atoms with E-state index in [1.165, 1.54) is 0 Å². The van der Waals surface area contributed by atoms with Gasteiger partial charge < -0.3 is 0 Å². The van der Waals surface area contributed by atoms with E-state index in [0.717, 1.165) is 6.42 Å². The predicted octanol–water partition coefficient (Wildman–Crippen LogP) is 1.79. The highest BCUT2D eigenvalue weighted by Gasteiger charge is 1.54. The van der Waals surface area contributed by atoms with E-state index in [1.54, 1.807) is 12.2 Å². The van der Waals surface area contributed by atoms with Crippen molar-refractivity contribution in [2.24, 2.45) is 0 Å². The van der Waals surface area contributed by atoms with E-state index in [9.17, 15) is 0 Å². The summed E-state index contributed by atoms with van der Waals surface area (Å²) in [6, 6.07) is 0. The Bertz CT molecular complexity index is 98.9. The molecular weight excluding hydrogens is 84.1 g/mol. The summed E-state index contributed by atoms with van der Waals surface area (Å²) in [6.45, 7) is 5.49. The zero-order valence-corrected chi connectivity index (χ0v) is 4.57. The largest absolute Gasteiger partial charge is 0.0988 e. The summed E-state index contributed by atoms with van der Waals surface area (Å²) >= 11 is 0. The van der Waals surface area contributed by atoms with Crippen molar-refractivity contribution < 1.29 is 0 Å². The van der Waals surface area contributed by atoms with Gasteiger partial charge in [-0.2, -0.15) is 0 Å². The number of hydrogen-bond donors (Lipinski definition) is 0. The molecule has 0 bridgehead atoms. The number of rotatable bonds is 0. The van der Waals surface area contributed by atoms with Crippen molar-refractivity contribution in [1.29, 1.82) is 0 Å². The first-order valence-electron chi connectivity index (χ1n) is 2.34. The first-order chi connectivity index (χ1) is 3.41. The monoisotopic (exact) mass is 93.1 g/mol. The molecule has 0 nitrogen and oxygen atoms in total. The highest BCUT2D eigenvalue weighted by Crippen LogP contribution is 1.68. The molecule has 37 valence electrons. The summed E-state index contributed by atoms with van der Waals surface area (Å²) in [4.78, 5) is 0. The van der Waals surface area contributed by atoms with Crippen LogP contribution >= 0.6 is 0 Å². The third-order valence-electron chi connectivity index (χ3n) is 0.480. The van der Waals surface area contributed by atoms with Gasteiger partial charge in [0.05, 0.1) is 0 Å². The average molecular weight is 93.1 g/mol. The highest BCUT2D eigenvalue weighted by atomic mass is 13.6. The van der Waals surface area contributed by atoms with Gasteiger partial charge in [-0.15, -0.1) is 0 Å². The van der Waals surface area contributed by atoms with E-state index in [-0.39, 0.29) is 0 Å². The van der Waals surface area contributed by atoms with E-state index in [2.05, 4.69) is 18.8 Å². The maximum absolute atomic E-state index is 3.47. The molecule has 0 fully saturated rings. The molecule has 0 aromatic carbocycles. The molecule has 7 heavy (non-hydrogen) atoms. The van der Waals surface area contributed by atoms with E-state index in [0.29, 0.717) is 0 Å². The lowest BCUT2D eigenvalue weighted by Gasteiger charge is -1.63. The average Bonchev–Trinajstić information content (AvgIpc) is 1.69. The Kier molecular flexibility index (Phi) is 4.77. The van der Waals surface area contributed by atoms with Gasteiger partial charge in [-0.25, -0.2) is 0 Å². The normalized spacial score (nSPS) is 8.29. The van der Waals surface area contributed by atoms with Crippen LogP contribution in [0.25, 0.3) is 0 Å². The molecule has 0 aromatic rings. The topological polar surface area (TPSA) is 0 Å². The maximum Gasteiger partial charge on any atom is 0.00637 e. The van der Waals surface area contributed by atoms with E-state index in [1.807, 2.05) is 6.92 Å². The van der Waals surface area contributed by atoms with Gasteiger partial charge in [-0.3, -0.25) is 0 Å². The summed E-state index contributed by atoms with van der Waals surface area (Å²) in [5.41, 5.74) is 0. The Morgan fingerprint density at radius 2 is 2.43 bits per heavy atom. The minimum atomic E-state index is 0.921. The smallest absolute Gasteiger partial charge is 0.00637 e. The molecule has 0 aliphatic carbocycles. The van der Waals surface area contributed by atoms with Crippen LogP contribution < -0.4 is 0 Å². The maximum atomic E-state index is 3.47. The van der Waals surface area contributed by atoms with Gasteiger partial charge in [0.25, 0.3) is 0 Å². The molecule has 0 N–H and O–H groups in total. The first kappa shape index (κ1) is 6.30. The van der Waals surface area contributed by atoms with Crippen molar-refractivity contribution in [2.45, 2.75) is 13.3 Å². The predicted molar refractivity (Wildman–Crippen MR) is 32.6 cm³/mol. The van der Waals surface area contributed by atoms with Crippen LogP contribution in [0.2, 0.25) is 0 Å². The Hall–Kier alpha value is -0.700.